The zero-order valence-electron chi connectivity index (χ0n) is 11.7. The quantitative estimate of drug-likeness (QED) is 0.658. The maximum atomic E-state index is 12.1. The minimum atomic E-state index is -0.680. The summed E-state index contributed by atoms with van der Waals surface area (Å²) in [5.74, 6) is 0.115. The summed E-state index contributed by atoms with van der Waals surface area (Å²) in [5.41, 5.74) is 5.55. The monoisotopic (exact) mass is 323 g/mol. The molecule has 1 amide bonds. The van der Waals surface area contributed by atoms with Gasteiger partial charge in [-0.25, -0.2) is 0 Å². The summed E-state index contributed by atoms with van der Waals surface area (Å²) in [6, 6.07) is 7.50. The van der Waals surface area contributed by atoms with Crippen molar-refractivity contribution >= 4 is 35.0 Å². The SMILES string of the molecule is N#CC1(NC(=O)CSc2ccc(N)cc2Cl)CCCCC1. The highest BCUT2D eigenvalue weighted by molar-refractivity contribution is 8.00. The van der Waals surface area contributed by atoms with Crippen molar-refractivity contribution in [3.8, 4) is 6.07 Å². The first-order valence-electron chi connectivity index (χ1n) is 6.95. The van der Waals surface area contributed by atoms with Crippen molar-refractivity contribution in [2.24, 2.45) is 0 Å². The van der Waals surface area contributed by atoms with Crippen LogP contribution in [0.3, 0.4) is 0 Å². The molecule has 3 N–H and O–H groups in total. The number of nitrogens with one attached hydrogen (secondary N) is 1. The van der Waals surface area contributed by atoms with E-state index in [-0.39, 0.29) is 11.7 Å². The molecule has 0 saturated heterocycles. The van der Waals surface area contributed by atoms with Crippen molar-refractivity contribution in [3.05, 3.63) is 23.2 Å². The number of hydrogen-bond donors (Lipinski definition) is 2. The molecule has 1 aromatic carbocycles. The molecule has 112 valence electrons. The molecule has 6 heteroatoms. The average Bonchev–Trinajstić information content (AvgIpc) is 2.47. The molecule has 21 heavy (non-hydrogen) atoms. The van der Waals surface area contributed by atoms with Crippen molar-refractivity contribution in [2.75, 3.05) is 11.5 Å². The van der Waals surface area contributed by atoms with Gasteiger partial charge in [0.05, 0.1) is 16.8 Å². The van der Waals surface area contributed by atoms with Crippen molar-refractivity contribution in [3.63, 3.8) is 0 Å². The van der Waals surface area contributed by atoms with Gasteiger partial charge in [0, 0.05) is 10.6 Å². The van der Waals surface area contributed by atoms with Crippen LogP contribution in [0.15, 0.2) is 23.1 Å². The van der Waals surface area contributed by atoms with Crippen LogP contribution in [0.4, 0.5) is 5.69 Å². The minimum absolute atomic E-state index is 0.128. The fourth-order valence-electron chi connectivity index (χ4n) is 2.50. The first-order chi connectivity index (χ1) is 10.0. The van der Waals surface area contributed by atoms with Crippen LogP contribution < -0.4 is 11.1 Å². The van der Waals surface area contributed by atoms with Gasteiger partial charge in [-0.05, 0) is 31.0 Å². The van der Waals surface area contributed by atoms with Crippen LogP contribution in [0.1, 0.15) is 32.1 Å². The standard InChI is InChI=1S/C15H18ClN3OS/c16-12-8-11(18)4-5-13(12)21-9-14(20)19-15(10-17)6-2-1-3-7-15/h4-5,8H,1-3,6-7,9,18H2,(H,19,20). The maximum Gasteiger partial charge on any atom is 0.231 e. The van der Waals surface area contributed by atoms with Gasteiger partial charge in [-0.15, -0.1) is 11.8 Å². The molecule has 0 spiro atoms. The van der Waals surface area contributed by atoms with Crippen LogP contribution in [0, 0.1) is 11.3 Å². The van der Waals surface area contributed by atoms with Crippen molar-refractivity contribution in [2.45, 2.75) is 42.5 Å². The summed E-state index contributed by atoms with van der Waals surface area (Å²) in [5, 5.41) is 12.8. The van der Waals surface area contributed by atoms with Gasteiger partial charge in [-0.3, -0.25) is 4.79 Å². The molecule has 0 radical (unpaired) electrons. The number of benzene rings is 1. The Balaban J connectivity index is 1.91. The Morgan fingerprint density at radius 1 is 1.43 bits per heavy atom. The smallest absolute Gasteiger partial charge is 0.231 e. The lowest BCUT2D eigenvalue weighted by atomic mass is 9.83. The summed E-state index contributed by atoms with van der Waals surface area (Å²) in [7, 11) is 0. The number of halogens is 1. The average molecular weight is 324 g/mol. The summed E-state index contributed by atoms with van der Waals surface area (Å²) in [4.78, 5) is 12.9. The van der Waals surface area contributed by atoms with Crippen LogP contribution in [-0.4, -0.2) is 17.2 Å². The predicted octanol–water partition coefficient (Wildman–Crippen LogP) is 3.36. The molecule has 1 aliphatic carbocycles. The van der Waals surface area contributed by atoms with E-state index in [0.29, 0.717) is 10.7 Å². The molecule has 2 rings (SSSR count). The Morgan fingerprint density at radius 3 is 2.76 bits per heavy atom. The first-order valence-corrected chi connectivity index (χ1v) is 8.31. The molecule has 1 aromatic rings. The minimum Gasteiger partial charge on any atom is -0.399 e. The molecule has 4 nitrogen and oxygen atoms in total. The molecule has 1 aliphatic rings. The van der Waals surface area contributed by atoms with Crippen LogP contribution >= 0.6 is 23.4 Å². The summed E-state index contributed by atoms with van der Waals surface area (Å²) in [6.45, 7) is 0. The Hall–Kier alpha value is -1.38. The van der Waals surface area contributed by atoms with Gasteiger partial charge in [0.1, 0.15) is 5.54 Å². The second-order valence-corrected chi connectivity index (χ2v) is 6.71. The molecule has 0 aromatic heterocycles. The maximum absolute atomic E-state index is 12.1. The number of nitrogens with two attached hydrogens (primary N) is 1. The molecule has 0 atom stereocenters. The van der Waals surface area contributed by atoms with E-state index in [1.54, 1.807) is 18.2 Å². The normalized spacial score (nSPS) is 17.0. The number of thioether (sulfide) groups is 1. The molecular weight excluding hydrogens is 306 g/mol. The van der Waals surface area contributed by atoms with Gasteiger partial charge in [-0.1, -0.05) is 30.9 Å². The third-order valence-electron chi connectivity index (χ3n) is 3.61. The summed E-state index contributed by atoms with van der Waals surface area (Å²) < 4.78 is 0. The zero-order valence-corrected chi connectivity index (χ0v) is 13.3. The molecule has 0 bridgehead atoms. The number of rotatable bonds is 4. The Kier molecular flexibility index (Phi) is 5.38. The third kappa shape index (κ3) is 4.29. The highest BCUT2D eigenvalue weighted by Gasteiger charge is 2.33. The Labute approximate surface area is 134 Å². The molecule has 0 heterocycles. The number of nitrogen functional groups attached to an aromatic ring is 1. The van der Waals surface area contributed by atoms with Gasteiger partial charge in [0.2, 0.25) is 5.91 Å². The number of amides is 1. The van der Waals surface area contributed by atoms with E-state index in [2.05, 4.69) is 11.4 Å². The number of nitriles is 1. The van der Waals surface area contributed by atoms with E-state index in [1.807, 2.05) is 0 Å². The van der Waals surface area contributed by atoms with E-state index >= 15 is 0 Å². The van der Waals surface area contributed by atoms with Gasteiger partial charge in [-0.2, -0.15) is 5.26 Å². The summed E-state index contributed by atoms with van der Waals surface area (Å²) >= 11 is 7.43. The largest absolute Gasteiger partial charge is 0.399 e. The van der Waals surface area contributed by atoms with Crippen molar-refractivity contribution in [1.29, 1.82) is 5.26 Å². The Morgan fingerprint density at radius 2 is 2.14 bits per heavy atom. The van der Waals surface area contributed by atoms with E-state index in [1.165, 1.54) is 11.8 Å². The number of hydrogen-bond acceptors (Lipinski definition) is 4. The third-order valence-corrected chi connectivity index (χ3v) is 5.11. The van der Waals surface area contributed by atoms with E-state index in [0.717, 1.165) is 37.0 Å². The van der Waals surface area contributed by atoms with Crippen molar-refractivity contribution < 1.29 is 4.79 Å². The second kappa shape index (κ2) is 7.06. The van der Waals surface area contributed by atoms with E-state index < -0.39 is 5.54 Å². The van der Waals surface area contributed by atoms with E-state index in [9.17, 15) is 10.1 Å². The van der Waals surface area contributed by atoms with Gasteiger partial charge >= 0.3 is 0 Å². The van der Waals surface area contributed by atoms with Crippen LogP contribution in [0.25, 0.3) is 0 Å². The lowest BCUT2D eigenvalue weighted by Gasteiger charge is -2.31. The second-order valence-electron chi connectivity index (χ2n) is 5.28. The van der Waals surface area contributed by atoms with Crippen molar-refractivity contribution in [1.82, 2.24) is 5.32 Å². The van der Waals surface area contributed by atoms with Gasteiger partial charge in [0.15, 0.2) is 0 Å². The fourth-order valence-corrected chi connectivity index (χ4v) is 3.57. The highest BCUT2D eigenvalue weighted by atomic mass is 35.5. The number of anilines is 1. The zero-order chi connectivity index (χ0) is 15.3. The number of carbonyl (C=O) groups is 1. The molecule has 0 unspecified atom stereocenters. The lowest BCUT2D eigenvalue weighted by Crippen LogP contribution is -2.49. The summed E-state index contributed by atoms with van der Waals surface area (Å²) in [6.07, 6.45) is 4.59. The molecule has 1 fully saturated rings. The van der Waals surface area contributed by atoms with Crippen LogP contribution in [0.5, 0.6) is 0 Å². The first kappa shape index (κ1) is 16.0. The Bertz CT molecular complexity index is 565. The molecule has 0 aliphatic heterocycles. The lowest BCUT2D eigenvalue weighted by molar-refractivity contribution is -0.120. The number of nitrogens with zero attached hydrogens (tertiary/aromatic N) is 1. The topological polar surface area (TPSA) is 78.9 Å². The van der Waals surface area contributed by atoms with Gasteiger partial charge in [0.25, 0.3) is 0 Å². The molecule has 1 saturated carbocycles. The predicted molar refractivity (Wildman–Crippen MR) is 86.2 cm³/mol. The van der Waals surface area contributed by atoms with Gasteiger partial charge < -0.3 is 11.1 Å². The highest BCUT2D eigenvalue weighted by Crippen LogP contribution is 2.30. The van der Waals surface area contributed by atoms with Crippen LogP contribution in [0.2, 0.25) is 5.02 Å². The molecular formula is C15H18ClN3OS. The number of carbonyl (C=O) groups excluding carboxylic acids is 1. The van der Waals surface area contributed by atoms with E-state index in [4.69, 9.17) is 17.3 Å². The van der Waals surface area contributed by atoms with Crippen LogP contribution in [-0.2, 0) is 4.79 Å². The fraction of sp³-hybridized carbons (Fsp3) is 0.467.